The second-order valence-electron chi connectivity index (χ2n) is 6.65. The number of alkyl halides is 3. The number of anilines is 1. The molecule has 0 aliphatic carbocycles. The van der Waals surface area contributed by atoms with Crippen molar-refractivity contribution >= 4 is 33.7 Å². The van der Waals surface area contributed by atoms with Gasteiger partial charge in [-0.1, -0.05) is 6.07 Å². The molecule has 0 atom stereocenters. The Morgan fingerprint density at radius 1 is 1.24 bits per heavy atom. The largest absolute Gasteiger partial charge is 0.508 e. The lowest BCUT2D eigenvalue weighted by atomic mass is 10.1. The lowest BCUT2D eigenvalue weighted by molar-refractivity contribution is -0.139. The Morgan fingerprint density at radius 3 is 2.55 bits per heavy atom. The number of pyridine rings is 1. The van der Waals surface area contributed by atoms with Crippen molar-refractivity contribution in [2.45, 2.75) is 20.0 Å². The van der Waals surface area contributed by atoms with E-state index in [1.54, 1.807) is 19.9 Å². The van der Waals surface area contributed by atoms with Crippen LogP contribution in [0.15, 0.2) is 28.9 Å². The van der Waals surface area contributed by atoms with E-state index in [0.717, 1.165) is 0 Å². The van der Waals surface area contributed by atoms with Crippen LogP contribution in [0.4, 0.5) is 19.0 Å². The predicted molar refractivity (Wildman–Crippen MR) is 99.9 cm³/mol. The van der Waals surface area contributed by atoms with Crippen molar-refractivity contribution in [3.8, 4) is 11.4 Å². The molecule has 0 aliphatic heterocycles. The van der Waals surface area contributed by atoms with Gasteiger partial charge in [0.15, 0.2) is 11.3 Å². The molecule has 1 aromatic carbocycles. The highest BCUT2D eigenvalue weighted by molar-refractivity contribution is 6.17. The number of halogens is 3. The minimum absolute atomic E-state index is 0.00865. The molecule has 0 fully saturated rings. The zero-order valence-corrected chi connectivity index (χ0v) is 15.3. The standard InChI is InChI=1S/C19H15F3N4O3/c1-7-3-4-10(27)8(2)13(7)26-14-11(12(17(26)23)18(24)28)16(19(20,21)22)25-9-5-6-29-15(9)14/h3-6,27H,23H2,1-2H3,(H2,24,28). The summed E-state index contributed by atoms with van der Waals surface area (Å²) < 4.78 is 48.1. The first-order valence-corrected chi connectivity index (χ1v) is 8.41. The van der Waals surface area contributed by atoms with E-state index in [2.05, 4.69) is 4.98 Å². The third-order valence-electron chi connectivity index (χ3n) is 4.88. The van der Waals surface area contributed by atoms with Gasteiger partial charge in [-0.3, -0.25) is 9.36 Å². The Balaban J connectivity index is 2.36. The van der Waals surface area contributed by atoms with Gasteiger partial charge in [-0.2, -0.15) is 13.2 Å². The molecule has 7 nitrogen and oxygen atoms in total. The molecule has 0 unspecified atom stereocenters. The van der Waals surface area contributed by atoms with Crippen LogP contribution in [0.5, 0.6) is 5.75 Å². The number of nitrogen functional groups attached to an aromatic ring is 1. The van der Waals surface area contributed by atoms with E-state index in [0.29, 0.717) is 16.8 Å². The van der Waals surface area contributed by atoms with Crippen LogP contribution in [0.1, 0.15) is 27.2 Å². The van der Waals surface area contributed by atoms with E-state index in [-0.39, 0.29) is 28.2 Å². The van der Waals surface area contributed by atoms with Crippen molar-refractivity contribution in [1.82, 2.24) is 9.55 Å². The number of benzene rings is 1. The summed E-state index contributed by atoms with van der Waals surface area (Å²) in [6.45, 7) is 3.28. The maximum Gasteiger partial charge on any atom is 0.434 e. The highest BCUT2D eigenvalue weighted by Gasteiger charge is 2.40. The summed E-state index contributed by atoms with van der Waals surface area (Å²) in [6, 6.07) is 4.32. The fraction of sp³-hybridized carbons (Fsp3) is 0.158. The van der Waals surface area contributed by atoms with Gasteiger partial charge in [0.1, 0.15) is 22.6 Å². The maximum absolute atomic E-state index is 13.8. The Bertz CT molecular complexity index is 1320. The quantitative estimate of drug-likeness (QED) is 0.469. The summed E-state index contributed by atoms with van der Waals surface area (Å²) in [5, 5.41) is 9.61. The molecule has 10 heteroatoms. The number of amides is 1. The number of aromatic hydroxyl groups is 1. The van der Waals surface area contributed by atoms with Gasteiger partial charge in [-0.25, -0.2) is 4.98 Å². The molecule has 0 aliphatic rings. The van der Waals surface area contributed by atoms with E-state index in [4.69, 9.17) is 15.9 Å². The number of aryl methyl sites for hydroxylation is 1. The first kappa shape index (κ1) is 18.7. The van der Waals surface area contributed by atoms with Crippen LogP contribution in [0.3, 0.4) is 0 Å². The molecule has 150 valence electrons. The normalized spacial score (nSPS) is 12.2. The van der Waals surface area contributed by atoms with Gasteiger partial charge in [-0.05, 0) is 25.5 Å². The Morgan fingerprint density at radius 2 is 1.93 bits per heavy atom. The number of hydrogen-bond donors (Lipinski definition) is 3. The van der Waals surface area contributed by atoms with Gasteiger partial charge in [0.2, 0.25) is 0 Å². The SMILES string of the molecule is Cc1ccc(O)c(C)c1-n1c(N)c(C(N)=O)c2c(C(F)(F)F)nc3ccoc3c21. The summed E-state index contributed by atoms with van der Waals surface area (Å²) in [5.41, 5.74) is 10.9. The Hall–Kier alpha value is -3.69. The highest BCUT2D eigenvalue weighted by Crippen LogP contribution is 2.44. The van der Waals surface area contributed by atoms with Gasteiger partial charge in [0, 0.05) is 17.0 Å². The molecule has 1 amide bonds. The molecule has 0 bridgehead atoms. The molecule has 0 saturated heterocycles. The zero-order valence-electron chi connectivity index (χ0n) is 15.3. The number of carbonyl (C=O) groups is 1. The fourth-order valence-electron chi connectivity index (χ4n) is 3.64. The summed E-state index contributed by atoms with van der Waals surface area (Å²) in [7, 11) is 0. The number of primary amides is 1. The molecule has 5 N–H and O–H groups in total. The van der Waals surface area contributed by atoms with Crippen molar-refractivity contribution in [2.24, 2.45) is 5.73 Å². The second kappa shape index (κ2) is 5.90. The van der Waals surface area contributed by atoms with Crippen molar-refractivity contribution in [2.75, 3.05) is 5.73 Å². The number of furan rings is 1. The Labute approximate surface area is 161 Å². The van der Waals surface area contributed by atoms with Crippen molar-refractivity contribution < 1.29 is 27.5 Å². The maximum atomic E-state index is 13.8. The lowest BCUT2D eigenvalue weighted by Gasteiger charge is -2.16. The molecule has 3 heterocycles. The first-order chi connectivity index (χ1) is 13.5. The van der Waals surface area contributed by atoms with Crippen LogP contribution < -0.4 is 11.5 Å². The van der Waals surface area contributed by atoms with Crippen LogP contribution in [-0.4, -0.2) is 20.6 Å². The van der Waals surface area contributed by atoms with E-state index >= 15 is 0 Å². The molecule has 4 aromatic rings. The number of carbonyl (C=O) groups excluding carboxylic acids is 1. The minimum atomic E-state index is -4.88. The molecule has 0 saturated carbocycles. The van der Waals surface area contributed by atoms with Crippen LogP contribution in [-0.2, 0) is 6.18 Å². The van der Waals surface area contributed by atoms with E-state index in [9.17, 15) is 23.1 Å². The average molecular weight is 404 g/mol. The van der Waals surface area contributed by atoms with Crippen LogP contribution in [0, 0.1) is 13.8 Å². The van der Waals surface area contributed by atoms with E-state index in [1.165, 1.54) is 23.0 Å². The molecule has 0 radical (unpaired) electrons. The third kappa shape index (κ3) is 2.52. The van der Waals surface area contributed by atoms with Crippen LogP contribution in [0.25, 0.3) is 27.7 Å². The minimum Gasteiger partial charge on any atom is -0.508 e. The number of aromatic nitrogens is 2. The summed E-state index contributed by atoms with van der Waals surface area (Å²) in [6.07, 6.45) is -3.69. The molecule has 0 spiro atoms. The van der Waals surface area contributed by atoms with E-state index < -0.39 is 28.7 Å². The monoisotopic (exact) mass is 404 g/mol. The van der Waals surface area contributed by atoms with Gasteiger partial charge in [0.25, 0.3) is 5.91 Å². The Kier molecular flexibility index (Phi) is 3.80. The molecule has 3 aromatic heterocycles. The number of phenols is 1. The number of rotatable bonds is 2. The summed E-state index contributed by atoms with van der Waals surface area (Å²) in [5.74, 6) is -1.53. The third-order valence-corrected chi connectivity index (χ3v) is 4.88. The number of phenolic OH excluding ortho intramolecular Hbond substituents is 1. The fourth-order valence-corrected chi connectivity index (χ4v) is 3.64. The van der Waals surface area contributed by atoms with Gasteiger partial charge >= 0.3 is 6.18 Å². The summed E-state index contributed by atoms with van der Waals surface area (Å²) >= 11 is 0. The number of hydrogen-bond acceptors (Lipinski definition) is 5. The van der Waals surface area contributed by atoms with Crippen molar-refractivity contribution in [3.05, 3.63) is 46.8 Å². The van der Waals surface area contributed by atoms with Crippen LogP contribution >= 0.6 is 0 Å². The van der Waals surface area contributed by atoms with Crippen molar-refractivity contribution in [3.63, 3.8) is 0 Å². The molecular formula is C19H15F3N4O3. The summed E-state index contributed by atoms with van der Waals surface area (Å²) in [4.78, 5) is 15.8. The lowest BCUT2D eigenvalue weighted by Crippen LogP contribution is -2.16. The zero-order chi connectivity index (χ0) is 21.2. The molecule has 4 rings (SSSR count). The van der Waals surface area contributed by atoms with Crippen molar-refractivity contribution in [1.29, 1.82) is 0 Å². The molecular weight excluding hydrogens is 389 g/mol. The topological polar surface area (TPSA) is 120 Å². The van der Waals surface area contributed by atoms with Gasteiger partial charge in [-0.15, -0.1) is 0 Å². The average Bonchev–Trinajstić information content (AvgIpc) is 3.19. The second-order valence-corrected chi connectivity index (χ2v) is 6.65. The number of nitrogens with zero attached hydrogens (tertiary/aromatic N) is 2. The predicted octanol–water partition coefficient (Wildman–Crippen LogP) is 3.79. The van der Waals surface area contributed by atoms with Crippen LogP contribution in [0.2, 0.25) is 0 Å². The smallest absolute Gasteiger partial charge is 0.434 e. The first-order valence-electron chi connectivity index (χ1n) is 8.41. The number of nitrogens with two attached hydrogens (primary N) is 2. The highest BCUT2D eigenvalue weighted by atomic mass is 19.4. The van der Waals surface area contributed by atoms with Gasteiger partial charge < -0.3 is 21.0 Å². The number of fused-ring (bicyclic) bond motifs is 3. The van der Waals surface area contributed by atoms with E-state index in [1.807, 2.05) is 0 Å². The van der Waals surface area contributed by atoms with Gasteiger partial charge in [0.05, 0.1) is 17.5 Å². The molecule has 29 heavy (non-hydrogen) atoms.